The molecule has 5 aromatic rings. The Balaban J connectivity index is 0.00000320. The van der Waals surface area contributed by atoms with Crippen molar-refractivity contribution >= 4 is 45.0 Å². The van der Waals surface area contributed by atoms with Gasteiger partial charge >= 0.3 is 0 Å². The Morgan fingerprint density at radius 1 is 0.973 bits per heavy atom. The maximum absolute atomic E-state index is 14.0. The lowest BCUT2D eigenvalue weighted by atomic mass is 9.88. The minimum absolute atomic E-state index is 0. The van der Waals surface area contributed by atoms with Gasteiger partial charge in [0.25, 0.3) is 0 Å². The molecule has 5 nitrogen and oxygen atoms in total. The summed E-state index contributed by atoms with van der Waals surface area (Å²) in [7, 11) is 0. The van der Waals surface area contributed by atoms with Crippen LogP contribution in [0.2, 0.25) is 0 Å². The monoisotopic (exact) mass is 530 g/mol. The number of carbonyl (C=O) groups excluding carboxylic acids is 1. The summed E-state index contributed by atoms with van der Waals surface area (Å²) in [5.74, 6) is 0.0760. The van der Waals surface area contributed by atoms with Crippen molar-refractivity contribution in [2.75, 3.05) is 11.4 Å². The number of hydrogen-bond donors (Lipinski definition) is 0. The van der Waals surface area contributed by atoms with Gasteiger partial charge in [-0.2, -0.15) is 0 Å². The Morgan fingerprint density at radius 2 is 1.68 bits per heavy atom. The highest BCUT2D eigenvalue weighted by Crippen LogP contribution is 2.34. The molecule has 0 bridgehead atoms. The molecule has 190 valence electrons. The van der Waals surface area contributed by atoms with Crippen LogP contribution < -0.4 is 4.90 Å². The Kier molecular flexibility index (Phi) is 9.09. The molecule has 0 saturated carbocycles. The zero-order chi connectivity index (χ0) is 24.7. The van der Waals surface area contributed by atoms with E-state index in [1.165, 1.54) is 5.56 Å². The van der Waals surface area contributed by atoms with E-state index >= 15 is 0 Å². The summed E-state index contributed by atoms with van der Waals surface area (Å²) in [4.78, 5) is 25.0. The highest BCUT2D eigenvalue weighted by atomic mass is 35.5. The van der Waals surface area contributed by atoms with Gasteiger partial charge in [-0.3, -0.25) is 9.69 Å². The first kappa shape index (κ1) is 26.6. The van der Waals surface area contributed by atoms with E-state index in [-0.39, 0.29) is 24.2 Å². The third kappa shape index (κ3) is 6.27. The van der Waals surface area contributed by atoms with E-state index in [0.717, 1.165) is 45.9 Å². The summed E-state index contributed by atoms with van der Waals surface area (Å²) in [6.07, 6.45) is 7.68. The van der Waals surface area contributed by atoms with Gasteiger partial charge in [0.05, 0.1) is 16.5 Å². The van der Waals surface area contributed by atoms with Gasteiger partial charge in [-0.1, -0.05) is 91.1 Å². The number of aromatic nitrogens is 3. The lowest BCUT2D eigenvalue weighted by molar-refractivity contribution is -0.118. The number of halogens is 1. The summed E-state index contributed by atoms with van der Waals surface area (Å²) in [5.41, 5.74) is 4.52. The molecule has 3 aromatic carbocycles. The van der Waals surface area contributed by atoms with Gasteiger partial charge in [-0.05, 0) is 35.6 Å². The average Bonchev–Trinajstić information content (AvgIpc) is 3.60. The van der Waals surface area contributed by atoms with E-state index in [9.17, 15) is 4.79 Å². The van der Waals surface area contributed by atoms with Crippen molar-refractivity contribution in [3.8, 4) is 0 Å². The number of imidazole rings is 1. The van der Waals surface area contributed by atoms with Crippen LogP contribution in [0.15, 0.2) is 97.6 Å². The molecule has 0 aliphatic heterocycles. The van der Waals surface area contributed by atoms with E-state index in [1.807, 2.05) is 58.4 Å². The van der Waals surface area contributed by atoms with Crippen molar-refractivity contribution in [3.63, 3.8) is 0 Å². The maximum Gasteiger partial charge on any atom is 0.229 e. The Bertz CT molecular complexity index is 1360. The van der Waals surface area contributed by atoms with Crippen LogP contribution in [0, 0.1) is 0 Å². The molecule has 1 amide bonds. The molecule has 2 heterocycles. The van der Waals surface area contributed by atoms with Crippen LogP contribution in [0.4, 0.5) is 5.13 Å². The van der Waals surface area contributed by atoms with Crippen LogP contribution in [0.3, 0.4) is 0 Å². The van der Waals surface area contributed by atoms with Crippen LogP contribution in [0.25, 0.3) is 10.2 Å². The van der Waals surface area contributed by atoms with Gasteiger partial charge in [0, 0.05) is 37.8 Å². The Labute approximate surface area is 228 Å². The van der Waals surface area contributed by atoms with Crippen molar-refractivity contribution in [2.24, 2.45) is 0 Å². The van der Waals surface area contributed by atoms with E-state index in [1.54, 1.807) is 17.5 Å². The van der Waals surface area contributed by atoms with Crippen LogP contribution in [0.5, 0.6) is 0 Å². The molecule has 2 aromatic heterocycles. The fraction of sp³-hybridized carbons (Fsp3) is 0.233. The SMILES string of the molecule is CCc1cccc2sc(N(CCCn3ccnc3)C(=O)CC(c3ccccc3)c3ccccc3)nc12.Cl. The zero-order valence-corrected chi connectivity index (χ0v) is 22.5. The number of anilines is 1. The minimum Gasteiger partial charge on any atom is -0.337 e. The number of fused-ring (bicyclic) bond motifs is 1. The van der Waals surface area contributed by atoms with Crippen molar-refractivity contribution < 1.29 is 4.79 Å². The molecule has 0 N–H and O–H groups in total. The van der Waals surface area contributed by atoms with E-state index < -0.39 is 0 Å². The number of amides is 1. The summed E-state index contributed by atoms with van der Waals surface area (Å²) >= 11 is 1.60. The fourth-order valence-corrected chi connectivity index (χ4v) is 5.69. The van der Waals surface area contributed by atoms with Crippen LogP contribution in [-0.2, 0) is 17.8 Å². The quantitative estimate of drug-likeness (QED) is 0.193. The van der Waals surface area contributed by atoms with Gasteiger partial charge in [0.15, 0.2) is 5.13 Å². The van der Waals surface area contributed by atoms with Crippen molar-refractivity contribution in [3.05, 3.63) is 114 Å². The van der Waals surface area contributed by atoms with Crippen molar-refractivity contribution in [2.45, 2.75) is 38.6 Å². The highest BCUT2D eigenvalue weighted by Gasteiger charge is 2.25. The fourth-order valence-electron chi connectivity index (χ4n) is 4.64. The molecule has 0 aliphatic rings. The van der Waals surface area contributed by atoms with Crippen LogP contribution in [0.1, 0.15) is 42.4 Å². The topological polar surface area (TPSA) is 51.0 Å². The molecule has 0 saturated heterocycles. The van der Waals surface area contributed by atoms with Gasteiger partial charge in [-0.25, -0.2) is 9.97 Å². The van der Waals surface area contributed by atoms with Crippen LogP contribution >= 0.6 is 23.7 Å². The van der Waals surface area contributed by atoms with Gasteiger partial charge in [0.2, 0.25) is 5.91 Å². The second kappa shape index (κ2) is 12.7. The molecule has 7 heteroatoms. The number of para-hydroxylation sites is 1. The lowest BCUT2D eigenvalue weighted by Crippen LogP contribution is -2.33. The standard InChI is InChI=1S/C30H30N4OS.ClH/c1-2-23-15-9-16-27-29(23)32-30(36-27)34(19-10-18-33-20-17-31-22-33)28(35)21-26(24-11-5-3-6-12-24)25-13-7-4-8-14-25;/h3-9,11-17,20,22,26H,2,10,18-19,21H2,1H3;1H. The first-order valence-electron chi connectivity index (χ1n) is 12.5. The Hall–Kier alpha value is -3.48. The first-order valence-corrected chi connectivity index (χ1v) is 13.3. The number of nitrogens with zero attached hydrogens (tertiary/aromatic N) is 4. The summed E-state index contributed by atoms with van der Waals surface area (Å²) in [6.45, 7) is 3.55. The second-order valence-electron chi connectivity index (χ2n) is 8.89. The zero-order valence-electron chi connectivity index (χ0n) is 20.9. The van der Waals surface area contributed by atoms with E-state index in [4.69, 9.17) is 4.98 Å². The predicted molar refractivity (Wildman–Crippen MR) is 155 cm³/mol. The largest absolute Gasteiger partial charge is 0.337 e. The molecule has 0 aliphatic carbocycles. The average molecular weight is 531 g/mol. The minimum atomic E-state index is -0.0170. The van der Waals surface area contributed by atoms with Crippen molar-refractivity contribution in [1.29, 1.82) is 0 Å². The van der Waals surface area contributed by atoms with E-state index in [0.29, 0.717) is 13.0 Å². The Morgan fingerprint density at radius 3 is 2.30 bits per heavy atom. The van der Waals surface area contributed by atoms with Crippen LogP contribution in [-0.4, -0.2) is 27.0 Å². The lowest BCUT2D eigenvalue weighted by Gasteiger charge is -2.24. The second-order valence-corrected chi connectivity index (χ2v) is 9.90. The van der Waals surface area contributed by atoms with E-state index in [2.05, 4.69) is 54.4 Å². The number of thiazole rings is 1. The number of hydrogen-bond acceptors (Lipinski definition) is 4. The molecular formula is C30H31ClN4OS. The molecule has 5 rings (SSSR count). The van der Waals surface area contributed by atoms with Gasteiger partial charge in [-0.15, -0.1) is 12.4 Å². The summed E-state index contributed by atoms with van der Waals surface area (Å²) < 4.78 is 3.17. The third-order valence-corrected chi connectivity index (χ3v) is 7.59. The molecule has 0 fully saturated rings. The van der Waals surface area contributed by atoms with Crippen molar-refractivity contribution in [1.82, 2.24) is 14.5 Å². The molecular weight excluding hydrogens is 500 g/mol. The number of aryl methyl sites for hydroxylation is 2. The highest BCUT2D eigenvalue weighted by molar-refractivity contribution is 7.22. The van der Waals surface area contributed by atoms with Gasteiger partial charge < -0.3 is 4.57 Å². The molecule has 37 heavy (non-hydrogen) atoms. The molecule has 0 radical (unpaired) electrons. The maximum atomic E-state index is 14.0. The smallest absolute Gasteiger partial charge is 0.229 e. The molecule has 0 unspecified atom stereocenters. The van der Waals surface area contributed by atoms with Gasteiger partial charge in [0.1, 0.15) is 0 Å². The molecule has 0 spiro atoms. The number of rotatable bonds is 10. The summed E-state index contributed by atoms with van der Waals surface area (Å²) in [5, 5.41) is 0.779. The number of carbonyl (C=O) groups is 1. The first-order chi connectivity index (χ1) is 17.7. The normalized spacial score (nSPS) is 11.0. The third-order valence-electron chi connectivity index (χ3n) is 6.54. The number of benzene rings is 3. The summed E-state index contributed by atoms with van der Waals surface area (Å²) in [6, 6.07) is 26.9. The molecule has 0 atom stereocenters. The predicted octanol–water partition coefficient (Wildman–Crippen LogP) is 7.12.